The van der Waals surface area contributed by atoms with E-state index in [9.17, 15) is 0 Å². The molecule has 6 N–H and O–H groups in total. The van der Waals surface area contributed by atoms with Crippen molar-refractivity contribution in [1.82, 2.24) is 19.5 Å². The Hall–Kier alpha value is -2.14. The van der Waals surface area contributed by atoms with Gasteiger partial charge in [-0.05, 0) is 60.2 Å². The molecule has 2 aromatic heterocycles. The van der Waals surface area contributed by atoms with E-state index >= 15 is 0 Å². The molecule has 1 atom stereocenters. The summed E-state index contributed by atoms with van der Waals surface area (Å²) in [6, 6.07) is 5.96. The molecular weight excluding hydrogens is 443 g/mol. The molecule has 2 heterocycles. The van der Waals surface area contributed by atoms with Crippen LogP contribution in [0.15, 0.2) is 24.5 Å². The molecule has 3 rings (SSSR count). The van der Waals surface area contributed by atoms with E-state index in [1.807, 2.05) is 23.6 Å². The van der Waals surface area contributed by atoms with Crippen LogP contribution in [0.3, 0.4) is 0 Å². The lowest BCUT2D eigenvalue weighted by molar-refractivity contribution is 0.766. The number of nitrogen functional groups attached to an aromatic ring is 1. The van der Waals surface area contributed by atoms with Crippen molar-refractivity contribution in [2.45, 2.75) is 33.0 Å². The van der Waals surface area contributed by atoms with Gasteiger partial charge in [0.05, 0.1) is 6.33 Å². The lowest BCUT2D eigenvalue weighted by Crippen LogP contribution is -2.26. The Kier molecular flexibility index (Phi) is 5.77. The molecule has 0 saturated heterocycles. The third-order valence-electron chi connectivity index (χ3n) is 3.94. The molecule has 26 heavy (non-hydrogen) atoms. The smallest absolute Gasteiger partial charge is 0.226 e. The van der Waals surface area contributed by atoms with Crippen LogP contribution in [0.5, 0.6) is 0 Å². The summed E-state index contributed by atoms with van der Waals surface area (Å²) in [4.78, 5) is 13.6. The molecule has 0 aliphatic rings. The molecule has 0 radical (unpaired) electrons. The van der Waals surface area contributed by atoms with E-state index in [0.29, 0.717) is 24.9 Å². The fourth-order valence-corrected chi connectivity index (χ4v) is 3.09. The predicted octanol–water partition coefficient (Wildman–Crippen LogP) is 2.40. The molecule has 9 heteroatoms. The van der Waals surface area contributed by atoms with E-state index < -0.39 is 0 Å². The lowest BCUT2D eigenvalue weighted by Gasteiger charge is -2.12. The Morgan fingerprint density at radius 3 is 2.81 bits per heavy atom. The third kappa shape index (κ3) is 4.15. The number of hydrogen-bond donors (Lipinski definition) is 4. The van der Waals surface area contributed by atoms with E-state index in [-0.39, 0.29) is 6.04 Å². The SMILES string of the molecule is CCn1cnc2c(NCc3cc(I)ccc3N)nc(NCC(C)N)nc21. The van der Waals surface area contributed by atoms with Gasteiger partial charge in [0.1, 0.15) is 0 Å². The summed E-state index contributed by atoms with van der Waals surface area (Å²) in [7, 11) is 0. The van der Waals surface area contributed by atoms with Crippen molar-refractivity contribution in [1.29, 1.82) is 0 Å². The Labute approximate surface area is 165 Å². The zero-order valence-corrected chi connectivity index (χ0v) is 17.0. The van der Waals surface area contributed by atoms with E-state index in [4.69, 9.17) is 11.5 Å². The van der Waals surface area contributed by atoms with Gasteiger partial charge in [0.25, 0.3) is 0 Å². The van der Waals surface area contributed by atoms with Gasteiger partial charge >= 0.3 is 0 Å². The Bertz CT molecular complexity index is 905. The van der Waals surface area contributed by atoms with Gasteiger partial charge < -0.3 is 26.7 Å². The van der Waals surface area contributed by atoms with Crippen LogP contribution >= 0.6 is 22.6 Å². The molecule has 8 nitrogen and oxygen atoms in total. The maximum atomic E-state index is 6.08. The molecule has 0 aliphatic carbocycles. The summed E-state index contributed by atoms with van der Waals surface area (Å²) in [6.07, 6.45) is 1.78. The van der Waals surface area contributed by atoms with Crippen LogP contribution in [-0.4, -0.2) is 32.1 Å². The first-order chi connectivity index (χ1) is 12.5. The molecule has 0 amide bonds. The van der Waals surface area contributed by atoms with Crippen molar-refractivity contribution in [2.75, 3.05) is 22.9 Å². The van der Waals surface area contributed by atoms with Crippen LogP contribution in [-0.2, 0) is 13.1 Å². The van der Waals surface area contributed by atoms with Crippen LogP contribution in [0, 0.1) is 3.57 Å². The Morgan fingerprint density at radius 2 is 2.08 bits per heavy atom. The van der Waals surface area contributed by atoms with Crippen molar-refractivity contribution >= 4 is 51.2 Å². The largest absolute Gasteiger partial charge is 0.398 e. The van der Waals surface area contributed by atoms with Gasteiger partial charge in [-0.3, -0.25) is 0 Å². The minimum Gasteiger partial charge on any atom is -0.398 e. The zero-order chi connectivity index (χ0) is 18.7. The number of anilines is 3. The second kappa shape index (κ2) is 8.04. The quantitative estimate of drug-likeness (QED) is 0.312. The highest BCUT2D eigenvalue weighted by Crippen LogP contribution is 2.23. The third-order valence-corrected chi connectivity index (χ3v) is 4.61. The summed E-state index contributed by atoms with van der Waals surface area (Å²) in [5.41, 5.74) is 15.2. The molecule has 138 valence electrons. The fraction of sp³-hybridized carbons (Fsp3) is 0.353. The average molecular weight is 466 g/mol. The number of imidazole rings is 1. The average Bonchev–Trinajstić information content (AvgIpc) is 3.03. The molecule has 3 aromatic rings. The first kappa shape index (κ1) is 18.6. The number of benzene rings is 1. The predicted molar refractivity (Wildman–Crippen MR) is 114 cm³/mol. The highest BCUT2D eigenvalue weighted by Gasteiger charge is 2.13. The molecule has 0 bridgehead atoms. The number of fused-ring (bicyclic) bond motifs is 1. The minimum atomic E-state index is 0.00739. The van der Waals surface area contributed by atoms with E-state index in [1.54, 1.807) is 6.33 Å². The fourth-order valence-electron chi connectivity index (χ4n) is 2.54. The van der Waals surface area contributed by atoms with E-state index in [0.717, 1.165) is 32.5 Å². The number of nitrogens with zero attached hydrogens (tertiary/aromatic N) is 4. The number of rotatable bonds is 7. The maximum Gasteiger partial charge on any atom is 0.226 e. The van der Waals surface area contributed by atoms with Gasteiger partial charge in [-0.1, -0.05) is 0 Å². The van der Waals surface area contributed by atoms with E-state index in [2.05, 4.69) is 61.2 Å². The van der Waals surface area contributed by atoms with Gasteiger partial charge in [0.2, 0.25) is 5.95 Å². The highest BCUT2D eigenvalue weighted by molar-refractivity contribution is 14.1. The van der Waals surface area contributed by atoms with Crippen molar-refractivity contribution in [3.05, 3.63) is 33.7 Å². The second-order valence-corrected chi connectivity index (χ2v) is 7.40. The van der Waals surface area contributed by atoms with E-state index in [1.165, 1.54) is 0 Å². The van der Waals surface area contributed by atoms with Gasteiger partial charge in [-0.15, -0.1) is 0 Å². The van der Waals surface area contributed by atoms with Crippen molar-refractivity contribution in [3.63, 3.8) is 0 Å². The number of nitrogens with two attached hydrogens (primary N) is 2. The van der Waals surface area contributed by atoms with Crippen molar-refractivity contribution < 1.29 is 0 Å². The summed E-state index contributed by atoms with van der Waals surface area (Å²) >= 11 is 2.27. The minimum absolute atomic E-state index is 0.00739. The maximum absolute atomic E-state index is 6.08. The van der Waals surface area contributed by atoms with Crippen LogP contribution < -0.4 is 22.1 Å². The monoisotopic (exact) mass is 466 g/mol. The number of halogens is 1. The van der Waals surface area contributed by atoms with Crippen LogP contribution in [0.4, 0.5) is 17.5 Å². The first-order valence-electron chi connectivity index (χ1n) is 8.48. The summed E-state index contributed by atoms with van der Waals surface area (Å²) in [5.74, 6) is 1.20. The summed E-state index contributed by atoms with van der Waals surface area (Å²) in [5, 5.41) is 6.54. The molecule has 0 saturated carbocycles. The normalized spacial score (nSPS) is 12.3. The zero-order valence-electron chi connectivity index (χ0n) is 14.8. The molecule has 0 aliphatic heterocycles. The number of aromatic nitrogens is 4. The van der Waals surface area contributed by atoms with Crippen LogP contribution in [0.25, 0.3) is 11.2 Å². The summed E-state index contributed by atoms with van der Waals surface area (Å²) in [6.45, 7) is 5.91. The highest BCUT2D eigenvalue weighted by atomic mass is 127. The first-order valence-corrected chi connectivity index (χ1v) is 9.56. The topological polar surface area (TPSA) is 120 Å². The molecular formula is C17H23IN8. The molecule has 0 fully saturated rings. The Balaban J connectivity index is 1.92. The molecule has 1 aromatic carbocycles. The van der Waals surface area contributed by atoms with Gasteiger partial charge in [0.15, 0.2) is 17.0 Å². The van der Waals surface area contributed by atoms with Crippen molar-refractivity contribution in [3.8, 4) is 0 Å². The van der Waals surface area contributed by atoms with Gasteiger partial charge in [-0.2, -0.15) is 9.97 Å². The van der Waals surface area contributed by atoms with Gasteiger partial charge in [0, 0.05) is 34.9 Å². The van der Waals surface area contributed by atoms with Crippen LogP contribution in [0.1, 0.15) is 19.4 Å². The Morgan fingerprint density at radius 1 is 1.27 bits per heavy atom. The van der Waals surface area contributed by atoms with Crippen LogP contribution in [0.2, 0.25) is 0 Å². The molecule has 1 unspecified atom stereocenters. The standard InChI is InChI=1S/C17H23IN8/c1-3-26-9-23-14-15(21-8-11-6-12(18)4-5-13(11)20)24-17(25-16(14)26)22-7-10(2)19/h4-6,9-10H,3,7-8,19-20H2,1-2H3,(H2,21,22,24,25). The number of aryl methyl sites for hydroxylation is 1. The number of hydrogen-bond acceptors (Lipinski definition) is 7. The second-order valence-electron chi connectivity index (χ2n) is 6.15. The van der Waals surface area contributed by atoms with Gasteiger partial charge in [-0.25, -0.2) is 4.98 Å². The lowest BCUT2D eigenvalue weighted by atomic mass is 10.2. The van der Waals surface area contributed by atoms with Crippen molar-refractivity contribution in [2.24, 2.45) is 5.73 Å². The number of nitrogens with one attached hydrogen (secondary N) is 2. The molecule has 0 spiro atoms. The summed E-state index contributed by atoms with van der Waals surface area (Å²) < 4.78 is 3.12.